The molecule has 0 aliphatic rings. The SMILES string of the molecule is CC.CN=C(SC(C)[C@@H](OC=O)c1cc(NC)ccc1F)N(SF)C(=O)OC(C)(C)C.O=Cc1cnc(OCC(F)(F)F)cn1. The molecule has 0 aliphatic carbocycles. The summed E-state index contributed by atoms with van der Waals surface area (Å²) in [5.41, 5.74) is -0.0438. The summed E-state index contributed by atoms with van der Waals surface area (Å²) >= 11 is 0.576. The van der Waals surface area contributed by atoms with Crippen LogP contribution in [0.2, 0.25) is 0 Å². The average molecular weight is 686 g/mol. The third kappa shape index (κ3) is 15.8. The largest absolute Gasteiger partial charge is 0.467 e. The van der Waals surface area contributed by atoms with Gasteiger partial charge in [-0.15, -0.1) is 3.89 Å². The quantitative estimate of drug-likeness (QED) is 0.0894. The van der Waals surface area contributed by atoms with E-state index in [9.17, 15) is 35.8 Å². The Bertz CT molecular complexity index is 1230. The molecule has 1 N–H and O–H groups in total. The highest BCUT2D eigenvalue weighted by molar-refractivity contribution is 8.15. The number of carbonyl (C=O) groups is 3. The number of amides is 1. The van der Waals surface area contributed by atoms with E-state index in [1.165, 1.54) is 25.2 Å². The topological polar surface area (TPSA) is 132 Å². The van der Waals surface area contributed by atoms with Crippen molar-refractivity contribution in [1.29, 1.82) is 0 Å². The van der Waals surface area contributed by atoms with Crippen LogP contribution in [-0.2, 0) is 14.3 Å². The van der Waals surface area contributed by atoms with Crippen molar-refractivity contribution in [2.45, 2.75) is 64.7 Å². The van der Waals surface area contributed by atoms with Crippen LogP contribution in [-0.4, -0.2) is 76.0 Å². The van der Waals surface area contributed by atoms with Gasteiger partial charge in [0, 0.05) is 25.3 Å². The number of aromatic nitrogens is 2. The number of nitrogens with zero attached hydrogens (tertiary/aromatic N) is 4. The average Bonchev–Trinajstić information content (AvgIpc) is 2.99. The van der Waals surface area contributed by atoms with Crippen molar-refractivity contribution in [1.82, 2.24) is 14.3 Å². The minimum Gasteiger partial charge on any atom is -0.467 e. The Labute approximate surface area is 267 Å². The van der Waals surface area contributed by atoms with E-state index in [0.29, 0.717) is 16.3 Å². The summed E-state index contributed by atoms with van der Waals surface area (Å²) in [5.74, 6) is -0.838. The van der Waals surface area contributed by atoms with Crippen molar-refractivity contribution in [3.8, 4) is 5.88 Å². The number of aliphatic imine (C=N–C) groups is 1. The zero-order chi connectivity index (χ0) is 34.8. The Morgan fingerprint density at radius 3 is 2.24 bits per heavy atom. The smallest absolute Gasteiger partial charge is 0.428 e. The van der Waals surface area contributed by atoms with Gasteiger partial charge in [0.05, 0.1) is 17.6 Å². The second kappa shape index (κ2) is 20.4. The van der Waals surface area contributed by atoms with Gasteiger partial charge in [0.1, 0.15) is 23.2 Å². The summed E-state index contributed by atoms with van der Waals surface area (Å²) in [6, 6.07) is 4.30. The number of amidine groups is 1. The van der Waals surface area contributed by atoms with Crippen LogP contribution in [0, 0.1) is 5.82 Å². The molecule has 0 radical (unpaired) electrons. The molecule has 1 aromatic carbocycles. The number of aldehydes is 1. The number of hydrogen-bond acceptors (Lipinski definition) is 12. The number of halogens is 5. The minimum absolute atomic E-state index is 0.0241. The van der Waals surface area contributed by atoms with Gasteiger partial charge in [-0.05, 0) is 45.9 Å². The number of benzene rings is 1. The van der Waals surface area contributed by atoms with Crippen molar-refractivity contribution < 1.29 is 50.0 Å². The molecule has 0 bridgehead atoms. The molecule has 1 heterocycles. The van der Waals surface area contributed by atoms with E-state index in [4.69, 9.17) is 9.47 Å². The van der Waals surface area contributed by atoms with Crippen LogP contribution in [0.1, 0.15) is 63.7 Å². The summed E-state index contributed by atoms with van der Waals surface area (Å²) in [6.45, 7) is 9.38. The molecule has 45 heavy (non-hydrogen) atoms. The van der Waals surface area contributed by atoms with Crippen LogP contribution in [0.4, 0.5) is 31.9 Å². The van der Waals surface area contributed by atoms with Crippen LogP contribution >= 0.6 is 24.1 Å². The molecule has 0 saturated carbocycles. The fourth-order valence-corrected chi connectivity index (χ4v) is 4.28. The first kappa shape index (κ1) is 41.3. The highest BCUT2D eigenvalue weighted by Crippen LogP contribution is 2.35. The molecule has 0 spiro atoms. The fourth-order valence-electron chi connectivity index (χ4n) is 2.89. The lowest BCUT2D eigenvalue weighted by molar-refractivity contribution is -0.154. The molecule has 18 heteroatoms. The predicted molar refractivity (Wildman–Crippen MR) is 163 cm³/mol. The van der Waals surface area contributed by atoms with Gasteiger partial charge in [0.15, 0.2) is 30.4 Å². The number of alkyl halides is 3. The summed E-state index contributed by atoms with van der Waals surface area (Å²) in [7, 11) is 3.05. The van der Waals surface area contributed by atoms with Crippen LogP contribution in [0.25, 0.3) is 0 Å². The third-order valence-corrected chi connectivity index (χ3v) is 6.43. The van der Waals surface area contributed by atoms with Gasteiger partial charge in [-0.3, -0.25) is 14.6 Å². The molecule has 2 rings (SSSR count). The maximum Gasteiger partial charge on any atom is 0.428 e. The molecule has 2 atom stereocenters. The van der Waals surface area contributed by atoms with E-state index >= 15 is 0 Å². The van der Waals surface area contributed by atoms with E-state index in [2.05, 4.69) is 25.0 Å². The number of ether oxygens (including phenoxy) is 3. The van der Waals surface area contributed by atoms with Gasteiger partial charge in [-0.1, -0.05) is 25.6 Å². The second-order valence-corrected chi connectivity index (χ2v) is 11.0. The molecule has 11 nitrogen and oxygen atoms in total. The monoisotopic (exact) mass is 685 g/mol. The molecule has 0 aliphatic heterocycles. The van der Waals surface area contributed by atoms with Gasteiger partial charge in [-0.25, -0.2) is 19.2 Å². The Hall–Kier alpha value is -3.67. The van der Waals surface area contributed by atoms with E-state index in [1.807, 2.05) is 13.8 Å². The van der Waals surface area contributed by atoms with E-state index in [1.54, 1.807) is 34.7 Å². The number of anilines is 1. The maximum absolute atomic E-state index is 14.4. The van der Waals surface area contributed by atoms with Crippen molar-refractivity contribution in [2.24, 2.45) is 4.99 Å². The van der Waals surface area contributed by atoms with E-state index in [0.717, 1.165) is 24.2 Å². The highest BCUT2D eigenvalue weighted by Gasteiger charge is 2.32. The standard InChI is InChI=1S/C18H25F2N3O4S2.C7H5F3N2O2.C2H6/c1-11(15(26-10-24)13-9-12(21-5)7-8-14(13)19)28-16(22-6)23(29-20)17(25)27-18(2,3)4;8-7(9,10)4-14-6-2-11-5(3-13)1-12-6;1-2/h7-11,15,21H,1-6H3;1-3H,4H2;1-2H3/t11?,15-;;/m1../s1. The summed E-state index contributed by atoms with van der Waals surface area (Å²) in [5, 5.41) is 2.25. The van der Waals surface area contributed by atoms with Gasteiger partial charge in [-0.2, -0.15) is 17.5 Å². The molecule has 0 fully saturated rings. The maximum atomic E-state index is 14.4. The van der Waals surface area contributed by atoms with Crippen molar-refractivity contribution in [3.63, 3.8) is 0 Å². The minimum atomic E-state index is -4.41. The first-order chi connectivity index (χ1) is 21.1. The first-order valence-corrected chi connectivity index (χ1v) is 14.6. The normalized spacial score (nSPS) is 12.6. The van der Waals surface area contributed by atoms with E-state index < -0.39 is 41.6 Å². The molecule has 252 valence electrons. The Kier molecular flexibility index (Phi) is 18.7. The Balaban J connectivity index is 0.00000101. The van der Waals surface area contributed by atoms with Gasteiger partial charge in [0.25, 0.3) is 6.47 Å². The van der Waals surface area contributed by atoms with Crippen LogP contribution < -0.4 is 10.1 Å². The third-order valence-electron chi connectivity index (χ3n) is 4.66. The van der Waals surface area contributed by atoms with Crippen LogP contribution in [0.3, 0.4) is 0 Å². The number of carbonyl (C=O) groups excluding carboxylic acids is 3. The van der Waals surface area contributed by atoms with E-state index in [-0.39, 0.29) is 41.1 Å². The van der Waals surface area contributed by atoms with Gasteiger partial charge < -0.3 is 19.5 Å². The number of nitrogens with one attached hydrogen (secondary N) is 1. The van der Waals surface area contributed by atoms with Crippen molar-refractivity contribution >= 4 is 53.8 Å². The number of rotatable bonds is 10. The molecule has 0 saturated heterocycles. The molecule has 1 aromatic heterocycles. The molecular weight excluding hydrogens is 649 g/mol. The molecule has 2 aromatic rings. The van der Waals surface area contributed by atoms with Crippen molar-refractivity contribution in [3.05, 3.63) is 47.7 Å². The second-order valence-electron chi connectivity index (χ2n) is 9.11. The first-order valence-electron chi connectivity index (χ1n) is 13.1. The number of thioether (sulfide) groups is 1. The van der Waals surface area contributed by atoms with Crippen LogP contribution in [0.15, 0.2) is 35.6 Å². The lowest BCUT2D eigenvalue weighted by Gasteiger charge is -2.27. The molecule has 1 unspecified atom stereocenters. The number of hydrogen-bond donors (Lipinski definition) is 1. The van der Waals surface area contributed by atoms with Crippen molar-refractivity contribution in [2.75, 3.05) is 26.0 Å². The lowest BCUT2D eigenvalue weighted by Crippen LogP contribution is -2.36. The zero-order valence-electron chi connectivity index (χ0n) is 25.8. The fraction of sp³-hybridized carbons (Fsp3) is 0.481. The van der Waals surface area contributed by atoms with Crippen LogP contribution in [0.5, 0.6) is 5.88 Å². The molecule has 1 amide bonds. The Morgan fingerprint density at radius 2 is 1.80 bits per heavy atom. The van der Waals surface area contributed by atoms with Gasteiger partial charge >= 0.3 is 12.3 Å². The summed E-state index contributed by atoms with van der Waals surface area (Å²) in [6.07, 6.45) is -3.95. The predicted octanol–water partition coefficient (Wildman–Crippen LogP) is 7.22. The Morgan fingerprint density at radius 1 is 1.16 bits per heavy atom. The highest BCUT2D eigenvalue weighted by atomic mass is 32.2. The summed E-state index contributed by atoms with van der Waals surface area (Å²) in [4.78, 5) is 44.2. The summed E-state index contributed by atoms with van der Waals surface area (Å²) < 4.78 is 78.0. The lowest BCUT2D eigenvalue weighted by atomic mass is 10.1. The molecular formula is C27H36F5N5O6S2. The zero-order valence-corrected chi connectivity index (χ0v) is 27.5. The van der Waals surface area contributed by atoms with Gasteiger partial charge in [0.2, 0.25) is 5.88 Å².